The number of carboxylic acid groups (broad SMARTS) is 1. The van der Waals surface area contributed by atoms with Gasteiger partial charge in [-0.2, -0.15) is 0 Å². The molecule has 0 aliphatic rings. The summed E-state index contributed by atoms with van der Waals surface area (Å²) in [5.74, 6) is -1.45. The normalized spacial score (nSPS) is 11.7. The topological polar surface area (TPSA) is 92.6 Å². The highest BCUT2D eigenvalue weighted by atomic mass is 16.5. The molecule has 0 amide bonds. The summed E-state index contributed by atoms with van der Waals surface area (Å²) in [6.07, 6.45) is 0. The molecule has 0 saturated heterocycles. The number of aliphatic carboxylic acids is 1. The van der Waals surface area contributed by atoms with Gasteiger partial charge in [0.05, 0.1) is 13.0 Å². The molecule has 0 aliphatic heterocycles. The van der Waals surface area contributed by atoms with E-state index in [0.717, 1.165) is 0 Å². The van der Waals surface area contributed by atoms with Gasteiger partial charge in [0.1, 0.15) is 0 Å². The molecular weight excluding hydrogens is 238 g/mol. The van der Waals surface area contributed by atoms with Gasteiger partial charge in [-0.05, 0) is 12.1 Å². The van der Waals surface area contributed by atoms with Crippen LogP contribution in [-0.2, 0) is 9.53 Å². The molecule has 98 valence electrons. The van der Waals surface area contributed by atoms with Crippen LogP contribution >= 0.6 is 0 Å². The Morgan fingerprint density at radius 1 is 1.44 bits per heavy atom. The zero-order valence-electron chi connectivity index (χ0n) is 10.5. The van der Waals surface area contributed by atoms with Gasteiger partial charge in [-0.15, -0.1) is 10.2 Å². The average molecular weight is 253 g/mol. The van der Waals surface area contributed by atoms with Crippen molar-refractivity contribution in [3.8, 4) is 0 Å². The highest BCUT2D eigenvalue weighted by Crippen LogP contribution is 2.10. The van der Waals surface area contributed by atoms with Crippen molar-refractivity contribution in [2.45, 2.75) is 6.92 Å². The number of nitrogens with zero attached hydrogens (tertiary/aromatic N) is 3. The Morgan fingerprint density at radius 3 is 2.56 bits per heavy atom. The van der Waals surface area contributed by atoms with Crippen LogP contribution in [0.25, 0.3) is 0 Å². The fourth-order valence-corrected chi connectivity index (χ4v) is 1.32. The average Bonchev–Trinajstić information content (AvgIpc) is 2.37. The van der Waals surface area contributed by atoms with Crippen molar-refractivity contribution in [2.24, 2.45) is 5.92 Å². The fraction of sp³-hybridized carbons (Fsp3) is 0.455. The molecule has 1 aromatic heterocycles. The Hall–Kier alpha value is -2.18. The quantitative estimate of drug-likeness (QED) is 0.760. The van der Waals surface area contributed by atoms with Crippen molar-refractivity contribution >= 4 is 17.8 Å². The lowest BCUT2D eigenvalue weighted by molar-refractivity contribution is -0.140. The van der Waals surface area contributed by atoms with Crippen molar-refractivity contribution in [1.29, 1.82) is 0 Å². The maximum absolute atomic E-state index is 11.1. The van der Waals surface area contributed by atoms with Crippen molar-refractivity contribution in [3.05, 3.63) is 17.8 Å². The van der Waals surface area contributed by atoms with Gasteiger partial charge in [0.15, 0.2) is 11.5 Å². The highest BCUT2D eigenvalue weighted by molar-refractivity contribution is 5.87. The second kappa shape index (κ2) is 5.95. The predicted octanol–water partition coefficient (Wildman–Crippen LogP) is 0.420. The van der Waals surface area contributed by atoms with E-state index in [2.05, 4.69) is 14.9 Å². The lowest BCUT2D eigenvalue weighted by Gasteiger charge is -2.19. The molecule has 0 spiro atoms. The molecule has 1 aromatic rings. The van der Waals surface area contributed by atoms with Crippen LogP contribution in [-0.4, -0.2) is 47.9 Å². The van der Waals surface area contributed by atoms with Crippen LogP contribution < -0.4 is 4.90 Å². The van der Waals surface area contributed by atoms with E-state index in [1.807, 2.05) is 0 Å². The summed E-state index contributed by atoms with van der Waals surface area (Å²) in [5, 5.41) is 16.4. The molecule has 0 fully saturated rings. The molecule has 1 atom stereocenters. The zero-order valence-corrected chi connectivity index (χ0v) is 10.5. The van der Waals surface area contributed by atoms with E-state index < -0.39 is 17.9 Å². The molecule has 7 heteroatoms. The summed E-state index contributed by atoms with van der Waals surface area (Å²) in [5.41, 5.74) is 0.112. The Morgan fingerprint density at radius 2 is 2.11 bits per heavy atom. The number of rotatable bonds is 5. The van der Waals surface area contributed by atoms with Crippen LogP contribution in [0.4, 0.5) is 5.82 Å². The van der Waals surface area contributed by atoms with Gasteiger partial charge >= 0.3 is 11.9 Å². The number of hydrogen-bond donors (Lipinski definition) is 1. The van der Waals surface area contributed by atoms with Crippen LogP contribution in [0.15, 0.2) is 12.1 Å². The first-order valence-corrected chi connectivity index (χ1v) is 5.31. The Labute approximate surface area is 104 Å². The minimum Gasteiger partial charge on any atom is -0.481 e. The van der Waals surface area contributed by atoms with Crippen LogP contribution in [0.2, 0.25) is 0 Å². The van der Waals surface area contributed by atoms with Crippen LogP contribution in [0.5, 0.6) is 0 Å². The van der Waals surface area contributed by atoms with Crippen LogP contribution in [0.3, 0.4) is 0 Å². The first-order valence-electron chi connectivity index (χ1n) is 5.31. The van der Waals surface area contributed by atoms with Crippen molar-refractivity contribution in [3.63, 3.8) is 0 Å². The molecule has 0 bridgehead atoms. The first-order chi connectivity index (χ1) is 8.45. The van der Waals surface area contributed by atoms with E-state index >= 15 is 0 Å². The summed E-state index contributed by atoms with van der Waals surface area (Å²) in [4.78, 5) is 23.5. The maximum atomic E-state index is 11.1. The van der Waals surface area contributed by atoms with Crippen LogP contribution in [0, 0.1) is 5.92 Å². The molecule has 1 N–H and O–H groups in total. The number of esters is 1. The molecule has 7 nitrogen and oxygen atoms in total. The Kier molecular flexibility index (Phi) is 4.59. The van der Waals surface area contributed by atoms with Crippen molar-refractivity contribution < 1.29 is 19.4 Å². The van der Waals surface area contributed by atoms with E-state index in [9.17, 15) is 9.59 Å². The van der Waals surface area contributed by atoms with E-state index in [4.69, 9.17) is 5.11 Å². The van der Waals surface area contributed by atoms with Gasteiger partial charge in [0.25, 0.3) is 0 Å². The van der Waals surface area contributed by atoms with Gasteiger partial charge in [0.2, 0.25) is 0 Å². The third-order valence-electron chi connectivity index (χ3n) is 2.41. The molecule has 1 unspecified atom stereocenters. The molecule has 18 heavy (non-hydrogen) atoms. The number of ether oxygens (including phenoxy) is 1. The summed E-state index contributed by atoms with van der Waals surface area (Å²) in [6.45, 7) is 1.91. The molecular formula is C11H15N3O4. The zero-order chi connectivity index (χ0) is 13.7. The first kappa shape index (κ1) is 13.9. The summed E-state index contributed by atoms with van der Waals surface area (Å²) < 4.78 is 4.50. The molecule has 0 radical (unpaired) electrons. The van der Waals surface area contributed by atoms with Crippen LogP contribution in [0.1, 0.15) is 17.4 Å². The van der Waals surface area contributed by atoms with Gasteiger partial charge in [-0.25, -0.2) is 4.79 Å². The largest absolute Gasteiger partial charge is 0.481 e. The lowest BCUT2D eigenvalue weighted by atomic mass is 10.2. The monoisotopic (exact) mass is 253 g/mol. The second-order valence-electron chi connectivity index (χ2n) is 3.89. The Balaban J connectivity index is 2.73. The van der Waals surface area contributed by atoms with E-state index in [1.54, 1.807) is 24.9 Å². The number of methoxy groups -OCH3 is 1. The van der Waals surface area contributed by atoms with E-state index in [-0.39, 0.29) is 5.69 Å². The van der Waals surface area contributed by atoms with Gasteiger partial charge in [-0.3, -0.25) is 4.79 Å². The minimum atomic E-state index is -0.874. The fourth-order valence-electron chi connectivity index (χ4n) is 1.32. The SMILES string of the molecule is COC(=O)c1ccc(N(C)CC(C)C(=O)O)nn1. The molecule has 1 rings (SSSR count). The number of aromatic nitrogens is 2. The van der Waals surface area contributed by atoms with Gasteiger partial charge < -0.3 is 14.7 Å². The second-order valence-corrected chi connectivity index (χ2v) is 3.89. The van der Waals surface area contributed by atoms with Gasteiger partial charge in [0, 0.05) is 13.6 Å². The standard InChI is InChI=1S/C11H15N3O4/c1-7(10(15)16)6-14(2)9-5-4-8(12-13-9)11(17)18-3/h4-5,7H,6H2,1-3H3,(H,15,16). The smallest absolute Gasteiger partial charge is 0.358 e. The minimum absolute atomic E-state index is 0.112. The summed E-state index contributed by atoms with van der Waals surface area (Å²) in [7, 11) is 2.97. The molecule has 0 aromatic carbocycles. The van der Waals surface area contributed by atoms with E-state index in [1.165, 1.54) is 13.2 Å². The predicted molar refractivity (Wildman–Crippen MR) is 63.4 cm³/mol. The summed E-state index contributed by atoms with van der Waals surface area (Å²) in [6, 6.07) is 3.07. The Bertz CT molecular complexity index is 432. The highest BCUT2D eigenvalue weighted by Gasteiger charge is 2.15. The lowest BCUT2D eigenvalue weighted by Crippen LogP contribution is -2.29. The maximum Gasteiger partial charge on any atom is 0.358 e. The molecule has 1 heterocycles. The van der Waals surface area contributed by atoms with Crippen molar-refractivity contribution in [1.82, 2.24) is 10.2 Å². The third-order valence-corrected chi connectivity index (χ3v) is 2.41. The van der Waals surface area contributed by atoms with Gasteiger partial charge in [-0.1, -0.05) is 6.92 Å². The van der Waals surface area contributed by atoms with Crippen molar-refractivity contribution in [2.75, 3.05) is 25.6 Å². The number of hydrogen-bond acceptors (Lipinski definition) is 6. The molecule has 0 aliphatic carbocycles. The molecule has 0 saturated carbocycles. The number of carboxylic acids is 1. The number of carbonyl (C=O) groups excluding carboxylic acids is 1. The summed E-state index contributed by atoms with van der Waals surface area (Å²) >= 11 is 0. The van der Waals surface area contributed by atoms with E-state index in [0.29, 0.717) is 12.4 Å². The number of anilines is 1. The number of carbonyl (C=O) groups is 2. The third kappa shape index (κ3) is 3.41.